The highest BCUT2D eigenvalue weighted by molar-refractivity contribution is 14.1. The maximum atomic E-state index is 5.26. The Kier molecular flexibility index (Phi) is 1.92. The molecule has 0 spiro atoms. The lowest BCUT2D eigenvalue weighted by Gasteiger charge is -2.02. The first kappa shape index (κ1) is 5.82. The minimum absolute atomic E-state index is 0.501. The molecule has 1 fully saturated rings. The average Bonchev–Trinajstić information content (AvgIpc) is 1.91. The van der Waals surface area contributed by atoms with E-state index in [-0.39, 0.29) is 0 Å². The van der Waals surface area contributed by atoms with Gasteiger partial charge in [0.1, 0.15) is 0 Å². The smallest absolute Gasteiger partial charge is 0.0665 e. The van der Waals surface area contributed by atoms with E-state index in [1.807, 2.05) is 0 Å². The average molecular weight is 212 g/mol. The predicted octanol–water partition coefficient (Wildman–Crippen LogP) is 1.60. The van der Waals surface area contributed by atoms with Crippen molar-refractivity contribution in [3.63, 3.8) is 0 Å². The highest BCUT2D eigenvalue weighted by Gasteiger charge is 2.19. The maximum Gasteiger partial charge on any atom is 0.0665 e. The molecule has 1 heterocycles. The first-order valence-corrected chi connectivity index (χ1v) is 3.81. The molecule has 1 nitrogen and oxygen atoms in total. The van der Waals surface area contributed by atoms with Crippen molar-refractivity contribution in [2.45, 2.75) is 23.4 Å². The monoisotopic (exact) mass is 212 g/mol. The van der Waals surface area contributed by atoms with Gasteiger partial charge in [0.25, 0.3) is 0 Å². The lowest BCUT2D eigenvalue weighted by atomic mass is 10.3. The molecule has 7 heavy (non-hydrogen) atoms. The highest BCUT2D eigenvalue weighted by atomic mass is 127. The van der Waals surface area contributed by atoms with Crippen LogP contribution in [0.4, 0.5) is 0 Å². The topological polar surface area (TPSA) is 9.23 Å². The van der Waals surface area contributed by atoms with Gasteiger partial charge in [-0.05, 0) is 13.3 Å². The number of hydrogen-bond donors (Lipinski definition) is 0. The molecule has 2 atom stereocenters. The Morgan fingerprint density at radius 2 is 2.43 bits per heavy atom. The Morgan fingerprint density at radius 3 is 2.57 bits per heavy atom. The van der Waals surface area contributed by atoms with E-state index in [1.54, 1.807) is 0 Å². The molecule has 0 aliphatic carbocycles. The number of rotatable bonds is 0. The molecule has 0 aromatic carbocycles. The van der Waals surface area contributed by atoms with Gasteiger partial charge in [0.15, 0.2) is 0 Å². The van der Waals surface area contributed by atoms with Crippen molar-refractivity contribution in [2.24, 2.45) is 0 Å². The van der Waals surface area contributed by atoms with Crippen molar-refractivity contribution in [2.75, 3.05) is 6.61 Å². The van der Waals surface area contributed by atoms with E-state index in [0.717, 1.165) is 10.5 Å². The zero-order chi connectivity index (χ0) is 5.28. The third-order valence-electron chi connectivity index (χ3n) is 1.28. The standard InChI is InChI=1S/C5H9IO/c1-4-5(6)2-3-7-4/h4-5H,2-3H2,1H3. The Balaban J connectivity index is 2.33. The van der Waals surface area contributed by atoms with E-state index < -0.39 is 0 Å². The first-order valence-electron chi connectivity index (χ1n) is 2.56. The molecule has 1 rings (SSSR count). The fourth-order valence-corrected chi connectivity index (χ4v) is 1.17. The summed E-state index contributed by atoms with van der Waals surface area (Å²) < 4.78 is 6.02. The van der Waals surface area contributed by atoms with Crippen molar-refractivity contribution in [1.82, 2.24) is 0 Å². The molecule has 0 radical (unpaired) electrons. The summed E-state index contributed by atoms with van der Waals surface area (Å²) in [4.78, 5) is 0. The lowest BCUT2D eigenvalue weighted by molar-refractivity contribution is 0.128. The van der Waals surface area contributed by atoms with Gasteiger partial charge >= 0.3 is 0 Å². The summed E-state index contributed by atoms with van der Waals surface area (Å²) in [6, 6.07) is 0. The van der Waals surface area contributed by atoms with Crippen LogP contribution in [0.15, 0.2) is 0 Å². The second-order valence-electron chi connectivity index (χ2n) is 1.88. The molecule has 2 unspecified atom stereocenters. The van der Waals surface area contributed by atoms with Gasteiger partial charge in [-0.2, -0.15) is 0 Å². The van der Waals surface area contributed by atoms with Crippen LogP contribution in [-0.2, 0) is 4.74 Å². The quantitative estimate of drug-likeness (QED) is 0.437. The largest absolute Gasteiger partial charge is 0.377 e. The molecule has 0 N–H and O–H groups in total. The summed E-state index contributed by atoms with van der Waals surface area (Å²) in [6.07, 6.45) is 1.74. The molecular weight excluding hydrogens is 203 g/mol. The Bertz CT molecular complexity index is 57.1. The summed E-state index contributed by atoms with van der Waals surface area (Å²) >= 11 is 2.43. The van der Waals surface area contributed by atoms with Crippen LogP contribution in [0.3, 0.4) is 0 Å². The van der Waals surface area contributed by atoms with Crippen molar-refractivity contribution >= 4 is 22.6 Å². The minimum Gasteiger partial charge on any atom is -0.377 e. The van der Waals surface area contributed by atoms with E-state index in [9.17, 15) is 0 Å². The van der Waals surface area contributed by atoms with Crippen LogP contribution < -0.4 is 0 Å². The SMILES string of the molecule is CC1OCCC1I. The summed E-state index contributed by atoms with van der Waals surface area (Å²) in [7, 11) is 0. The van der Waals surface area contributed by atoms with Gasteiger partial charge in [-0.1, -0.05) is 22.6 Å². The first-order chi connectivity index (χ1) is 3.30. The molecule has 42 valence electrons. The van der Waals surface area contributed by atoms with E-state index in [4.69, 9.17) is 4.74 Å². The van der Waals surface area contributed by atoms with Crippen LogP contribution in [0.2, 0.25) is 0 Å². The molecular formula is C5H9IO. The van der Waals surface area contributed by atoms with Gasteiger partial charge in [0.05, 0.1) is 6.10 Å². The van der Waals surface area contributed by atoms with Crippen molar-refractivity contribution in [1.29, 1.82) is 0 Å². The molecule has 1 aliphatic heterocycles. The van der Waals surface area contributed by atoms with Crippen molar-refractivity contribution < 1.29 is 4.74 Å². The molecule has 0 bridgehead atoms. The normalized spacial score (nSPS) is 42.0. The van der Waals surface area contributed by atoms with Crippen molar-refractivity contribution in [3.05, 3.63) is 0 Å². The second-order valence-corrected chi connectivity index (χ2v) is 3.48. The molecule has 1 aliphatic rings. The summed E-state index contributed by atoms with van der Waals surface area (Å²) in [5.41, 5.74) is 0. The lowest BCUT2D eigenvalue weighted by Crippen LogP contribution is -2.08. The molecule has 0 amide bonds. The molecule has 0 saturated carbocycles. The predicted molar refractivity (Wildman–Crippen MR) is 37.8 cm³/mol. The third kappa shape index (κ3) is 1.29. The Labute approximate surface area is 57.6 Å². The van der Waals surface area contributed by atoms with Gasteiger partial charge in [-0.3, -0.25) is 0 Å². The van der Waals surface area contributed by atoms with Crippen LogP contribution >= 0.6 is 22.6 Å². The zero-order valence-electron chi connectivity index (χ0n) is 4.36. The second kappa shape index (κ2) is 2.31. The zero-order valence-corrected chi connectivity index (χ0v) is 6.51. The van der Waals surface area contributed by atoms with E-state index in [1.165, 1.54) is 6.42 Å². The van der Waals surface area contributed by atoms with Gasteiger partial charge < -0.3 is 4.74 Å². The van der Waals surface area contributed by atoms with Gasteiger partial charge in [0, 0.05) is 10.5 Å². The molecule has 1 saturated heterocycles. The molecule has 2 heteroatoms. The number of alkyl halides is 1. The fraction of sp³-hybridized carbons (Fsp3) is 1.00. The highest BCUT2D eigenvalue weighted by Crippen LogP contribution is 2.20. The van der Waals surface area contributed by atoms with Crippen LogP contribution in [0.25, 0.3) is 0 Å². The van der Waals surface area contributed by atoms with Crippen LogP contribution in [0.5, 0.6) is 0 Å². The third-order valence-corrected chi connectivity index (χ3v) is 2.92. The summed E-state index contributed by atoms with van der Waals surface area (Å²) in [5.74, 6) is 0. The van der Waals surface area contributed by atoms with E-state index >= 15 is 0 Å². The van der Waals surface area contributed by atoms with Gasteiger partial charge in [-0.25, -0.2) is 0 Å². The van der Waals surface area contributed by atoms with Gasteiger partial charge in [-0.15, -0.1) is 0 Å². The molecule has 0 aromatic heterocycles. The van der Waals surface area contributed by atoms with Crippen LogP contribution in [0.1, 0.15) is 13.3 Å². The number of hydrogen-bond acceptors (Lipinski definition) is 1. The van der Waals surface area contributed by atoms with Crippen LogP contribution in [-0.4, -0.2) is 16.6 Å². The minimum atomic E-state index is 0.501. The van der Waals surface area contributed by atoms with Crippen molar-refractivity contribution in [3.8, 4) is 0 Å². The number of ether oxygens (including phenoxy) is 1. The van der Waals surface area contributed by atoms with Gasteiger partial charge in [0.2, 0.25) is 0 Å². The van der Waals surface area contributed by atoms with Crippen LogP contribution in [0, 0.1) is 0 Å². The van der Waals surface area contributed by atoms with E-state index in [2.05, 4.69) is 29.5 Å². The number of halogens is 1. The van der Waals surface area contributed by atoms with E-state index in [0.29, 0.717) is 6.10 Å². The molecule has 0 aromatic rings. The Hall–Kier alpha value is 0.690. The maximum absolute atomic E-state index is 5.26. The summed E-state index contributed by atoms with van der Waals surface area (Å²) in [6.45, 7) is 3.10. The fourth-order valence-electron chi connectivity index (χ4n) is 0.706. The summed E-state index contributed by atoms with van der Waals surface area (Å²) in [5, 5.41) is 0. The Morgan fingerprint density at radius 1 is 1.71 bits per heavy atom.